The van der Waals surface area contributed by atoms with E-state index in [1.54, 1.807) is 0 Å². The van der Waals surface area contributed by atoms with Crippen LogP contribution in [-0.4, -0.2) is 36.3 Å². The van der Waals surface area contributed by atoms with Crippen molar-refractivity contribution in [1.82, 2.24) is 0 Å². The number of rotatable bonds is 6. The molecule has 0 aliphatic carbocycles. The number of ether oxygens (including phenoxy) is 2. The van der Waals surface area contributed by atoms with Crippen molar-refractivity contribution in [3.05, 3.63) is 59.2 Å². The molecule has 2 amide bonds. The number of amides is 2. The number of nitrogens with two attached hydrogens (primary N) is 1. The molecule has 35 heavy (non-hydrogen) atoms. The molecule has 1 saturated heterocycles. The molecule has 2 aromatic rings. The van der Waals surface area contributed by atoms with Gasteiger partial charge in [0, 0.05) is 28.7 Å². The normalized spacial score (nSPS) is 24.5. The summed E-state index contributed by atoms with van der Waals surface area (Å²) in [6, 6.07) is 6.28. The first-order chi connectivity index (χ1) is 16.2. The van der Waals surface area contributed by atoms with Gasteiger partial charge in [-0.3, -0.25) is 9.59 Å². The number of anilines is 1. The van der Waals surface area contributed by atoms with Gasteiger partial charge in [-0.05, 0) is 37.3 Å². The third-order valence-corrected chi connectivity index (χ3v) is 6.01. The van der Waals surface area contributed by atoms with Crippen molar-refractivity contribution in [2.75, 3.05) is 5.32 Å². The molecular weight excluding hydrogens is 489 g/mol. The Morgan fingerprint density at radius 3 is 2.23 bits per heavy atom. The van der Waals surface area contributed by atoms with Gasteiger partial charge < -0.3 is 20.5 Å². The van der Waals surface area contributed by atoms with Gasteiger partial charge >= 0.3 is 12.8 Å². The first kappa shape index (κ1) is 26.3. The van der Waals surface area contributed by atoms with Crippen molar-refractivity contribution < 1.29 is 49.8 Å². The van der Waals surface area contributed by atoms with Crippen LogP contribution in [0.3, 0.4) is 0 Å². The predicted octanol–water partition coefficient (Wildman–Crippen LogP) is 4.74. The molecule has 3 N–H and O–H groups in total. The van der Waals surface area contributed by atoms with E-state index in [0.29, 0.717) is 13.0 Å². The van der Waals surface area contributed by atoms with Crippen LogP contribution in [-0.2, 0) is 9.53 Å². The van der Waals surface area contributed by atoms with Crippen LogP contribution in [0.25, 0.3) is 0 Å². The number of carbonyl (C=O) groups is 2. The topological polar surface area (TPSA) is 90.6 Å². The van der Waals surface area contributed by atoms with E-state index in [0.717, 1.165) is 13.0 Å². The average Bonchev–Trinajstić information content (AvgIpc) is 3.04. The SMILES string of the molecule is C[C@H]1[C@@H](c2ccc(F)c(F)c2OC(F)F)[C@H](C(=O)Nc2ccc(C(N)=O)cc2)O[C@@]1(C)C(F)(F)F. The summed E-state index contributed by atoms with van der Waals surface area (Å²) >= 11 is 0. The van der Waals surface area contributed by atoms with E-state index in [1.807, 2.05) is 0 Å². The molecule has 1 aliphatic rings. The molecule has 6 nitrogen and oxygen atoms in total. The van der Waals surface area contributed by atoms with E-state index in [4.69, 9.17) is 10.5 Å². The highest BCUT2D eigenvalue weighted by Crippen LogP contribution is 2.55. The third-order valence-electron chi connectivity index (χ3n) is 6.01. The van der Waals surface area contributed by atoms with Crippen LogP contribution >= 0.6 is 0 Å². The van der Waals surface area contributed by atoms with E-state index >= 15 is 0 Å². The molecule has 2 aromatic carbocycles. The molecule has 4 atom stereocenters. The smallest absolute Gasteiger partial charge is 0.417 e. The minimum Gasteiger partial charge on any atom is -0.431 e. The Balaban J connectivity index is 2.07. The summed E-state index contributed by atoms with van der Waals surface area (Å²) in [4.78, 5) is 24.2. The maximum Gasteiger partial charge on any atom is 0.417 e. The second-order valence-corrected chi connectivity index (χ2v) is 8.05. The molecule has 13 heteroatoms. The summed E-state index contributed by atoms with van der Waals surface area (Å²) in [6.45, 7) is -1.93. The molecule has 3 rings (SSSR count). The second-order valence-electron chi connectivity index (χ2n) is 8.05. The Morgan fingerprint density at radius 1 is 1.11 bits per heavy atom. The van der Waals surface area contributed by atoms with E-state index in [-0.39, 0.29) is 11.3 Å². The van der Waals surface area contributed by atoms with Gasteiger partial charge in [0.05, 0.1) is 0 Å². The predicted molar refractivity (Wildman–Crippen MR) is 108 cm³/mol. The van der Waals surface area contributed by atoms with Gasteiger partial charge in [0.2, 0.25) is 11.7 Å². The molecule has 0 saturated carbocycles. The average molecular weight is 508 g/mol. The van der Waals surface area contributed by atoms with Gasteiger partial charge in [-0.15, -0.1) is 0 Å². The number of hydrogen-bond acceptors (Lipinski definition) is 4. The van der Waals surface area contributed by atoms with Crippen LogP contribution in [0.4, 0.5) is 36.4 Å². The molecular formula is C22H19F7N2O4. The van der Waals surface area contributed by atoms with Crippen LogP contribution in [0.15, 0.2) is 36.4 Å². The molecule has 190 valence electrons. The second kappa shape index (κ2) is 9.36. The lowest BCUT2D eigenvalue weighted by atomic mass is 9.77. The minimum absolute atomic E-state index is 0.0463. The number of hydrogen-bond donors (Lipinski definition) is 2. The van der Waals surface area contributed by atoms with Crippen molar-refractivity contribution in [3.63, 3.8) is 0 Å². The number of carbonyl (C=O) groups excluding carboxylic acids is 2. The Morgan fingerprint density at radius 2 is 1.71 bits per heavy atom. The largest absolute Gasteiger partial charge is 0.431 e. The molecule has 0 bridgehead atoms. The first-order valence-electron chi connectivity index (χ1n) is 10.1. The highest BCUT2D eigenvalue weighted by Gasteiger charge is 2.66. The molecule has 1 aliphatic heterocycles. The summed E-state index contributed by atoms with van der Waals surface area (Å²) in [6.07, 6.45) is -7.00. The van der Waals surface area contributed by atoms with Crippen LogP contribution in [0.2, 0.25) is 0 Å². The van der Waals surface area contributed by atoms with Gasteiger partial charge in [0.1, 0.15) is 6.10 Å². The lowest BCUT2D eigenvalue weighted by molar-refractivity contribution is -0.272. The summed E-state index contributed by atoms with van der Waals surface area (Å²) in [5.41, 5.74) is 1.71. The van der Waals surface area contributed by atoms with Gasteiger partial charge in [-0.2, -0.15) is 26.3 Å². The fraction of sp³-hybridized carbons (Fsp3) is 0.364. The van der Waals surface area contributed by atoms with Crippen molar-refractivity contribution >= 4 is 17.5 Å². The van der Waals surface area contributed by atoms with E-state index < -0.39 is 71.1 Å². The fourth-order valence-corrected chi connectivity index (χ4v) is 3.97. The Bertz CT molecular complexity index is 1120. The first-order valence-corrected chi connectivity index (χ1v) is 10.1. The number of halogens is 7. The van der Waals surface area contributed by atoms with Gasteiger partial charge in [-0.1, -0.05) is 13.0 Å². The highest BCUT2D eigenvalue weighted by atomic mass is 19.4. The number of alkyl halides is 5. The van der Waals surface area contributed by atoms with E-state index in [1.165, 1.54) is 24.3 Å². The van der Waals surface area contributed by atoms with Crippen molar-refractivity contribution in [3.8, 4) is 5.75 Å². The van der Waals surface area contributed by atoms with Gasteiger partial charge in [-0.25, -0.2) is 4.39 Å². The van der Waals surface area contributed by atoms with Crippen LogP contribution in [0.1, 0.15) is 35.7 Å². The monoisotopic (exact) mass is 508 g/mol. The quantitative estimate of drug-likeness (QED) is 0.552. The molecule has 0 aromatic heterocycles. The minimum atomic E-state index is -5.02. The standard InChI is InChI=1S/C22H19F7N2O4/c1-9-14(12-7-8-13(23)15(24)16(12)34-20(25)26)17(35-21(9,2)22(27,28)29)19(33)31-11-5-3-10(4-6-11)18(30)32/h3-9,14,17,20H,1-2H3,(H2,30,32)(H,31,33)/t9-,14-,17+,21+/m0/s1. The third kappa shape index (κ3) is 4.90. The van der Waals surface area contributed by atoms with Crippen LogP contribution in [0.5, 0.6) is 5.75 Å². The van der Waals surface area contributed by atoms with E-state index in [9.17, 15) is 40.3 Å². The fourth-order valence-electron chi connectivity index (χ4n) is 3.97. The zero-order valence-electron chi connectivity index (χ0n) is 18.1. The molecule has 1 heterocycles. The number of primary amides is 1. The number of benzene rings is 2. The lowest BCUT2D eigenvalue weighted by Crippen LogP contribution is -2.47. The van der Waals surface area contributed by atoms with Crippen molar-refractivity contribution in [2.24, 2.45) is 11.7 Å². The zero-order chi connectivity index (χ0) is 26.3. The lowest BCUT2D eigenvalue weighted by Gasteiger charge is -2.32. The summed E-state index contributed by atoms with van der Waals surface area (Å²) in [5, 5.41) is 2.31. The highest BCUT2D eigenvalue weighted by molar-refractivity contribution is 5.97. The van der Waals surface area contributed by atoms with Crippen LogP contribution in [0, 0.1) is 17.6 Å². The summed E-state index contributed by atoms with van der Waals surface area (Å²) in [7, 11) is 0. The molecule has 0 radical (unpaired) electrons. The van der Waals surface area contributed by atoms with Crippen molar-refractivity contribution in [2.45, 2.75) is 44.3 Å². The van der Waals surface area contributed by atoms with Crippen LogP contribution < -0.4 is 15.8 Å². The maximum atomic E-state index is 14.4. The van der Waals surface area contributed by atoms with Gasteiger partial charge in [0.15, 0.2) is 17.2 Å². The van der Waals surface area contributed by atoms with Crippen molar-refractivity contribution in [1.29, 1.82) is 0 Å². The Kier molecular flexibility index (Phi) is 7.02. The Hall–Kier alpha value is -3.35. The molecule has 0 unspecified atom stereocenters. The molecule has 0 spiro atoms. The van der Waals surface area contributed by atoms with E-state index in [2.05, 4.69) is 10.1 Å². The summed E-state index contributed by atoms with van der Waals surface area (Å²) < 4.78 is 105. The van der Waals surface area contributed by atoms with Gasteiger partial charge in [0.25, 0.3) is 5.91 Å². The maximum absolute atomic E-state index is 14.4. The summed E-state index contributed by atoms with van der Waals surface area (Å²) in [5.74, 6) is -9.94. The number of nitrogens with one attached hydrogen (secondary N) is 1. The Labute approximate surface area is 194 Å². The molecule has 1 fully saturated rings. The zero-order valence-corrected chi connectivity index (χ0v) is 18.1.